The molecule has 2 aromatic carbocycles. The van der Waals surface area contributed by atoms with E-state index in [9.17, 15) is 13.2 Å². The average molecular weight is 464 g/mol. The predicted molar refractivity (Wildman–Crippen MR) is 117 cm³/mol. The number of benzene rings is 2. The van der Waals surface area contributed by atoms with Crippen molar-refractivity contribution >= 4 is 39.1 Å². The molecule has 0 saturated heterocycles. The molecule has 156 valence electrons. The van der Waals surface area contributed by atoms with E-state index in [-0.39, 0.29) is 27.9 Å². The highest BCUT2D eigenvalue weighted by molar-refractivity contribution is 7.89. The Kier molecular flexibility index (Phi) is 7.44. The van der Waals surface area contributed by atoms with Gasteiger partial charge in [-0.25, -0.2) is 8.42 Å². The van der Waals surface area contributed by atoms with Crippen LogP contribution in [0.3, 0.4) is 0 Å². The lowest BCUT2D eigenvalue weighted by Crippen LogP contribution is -2.47. The molecule has 1 aromatic heterocycles. The molecule has 9 heteroatoms. The number of hydrogen-bond donors (Lipinski definition) is 2. The molecule has 6 nitrogen and oxygen atoms in total. The van der Waals surface area contributed by atoms with Gasteiger partial charge in [0.05, 0.1) is 17.3 Å². The van der Waals surface area contributed by atoms with Crippen molar-refractivity contribution in [2.45, 2.75) is 23.9 Å². The van der Waals surface area contributed by atoms with Crippen molar-refractivity contribution in [3.63, 3.8) is 0 Å². The molecule has 30 heavy (non-hydrogen) atoms. The van der Waals surface area contributed by atoms with Crippen molar-refractivity contribution in [3.05, 3.63) is 94.2 Å². The van der Waals surface area contributed by atoms with E-state index >= 15 is 0 Å². The lowest BCUT2D eigenvalue weighted by Gasteiger charge is -2.19. The zero-order valence-corrected chi connectivity index (χ0v) is 18.1. The summed E-state index contributed by atoms with van der Waals surface area (Å²) in [6.07, 6.45) is 1.78. The van der Waals surface area contributed by atoms with Crippen molar-refractivity contribution in [2.24, 2.45) is 0 Å². The first-order chi connectivity index (χ1) is 14.3. The minimum Gasteiger partial charge on any atom is -0.349 e. The normalized spacial score (nSPS) is 12.3. The maximum Gasteiger partial charge on any atom is 0.242 e. The fourth-order valence-electron chi connectivity index (χ4n) is 2.78. The van der Waals surface area contributed by atoms with E-state index in [0.717, 1.165) is 5.56 Å². The van der Waals surface area contributed by atoms with Crippen molar-refractivity contribution < 1.29 is 13.2 Å². The largest absolute Gasteiger partial charge is 0.349 e. The lowest BCUT2D eigenvalue weighted by molar-refractivity contribution is -0.122. The molecule has 0 radical (unpaired) electrons. The van der Waals surface area contributed by atoms with Gasteiger partial charge in [-0.05, 0) is 42.3 Å². The summed E-state index contributed by atoms with van der Waals surface area (Å²) in [5.74, 6) is -0.480. The maximum absolute atomic E-state index is 12.9. The Hall–Kier alpha value is -2.45. The molecule has 0 spiro atoms. The van der Waals surface area contributed by atoms with E-state index in [1.807, 2.05) is 30.3 Å². The number of aromatic nitrogens is 1. The van der Waals surface area contributed by atoms with E-state index in [4.69, 9.17) is 23.2 Å². The van der Waals surface area contributed by atoms with E-state index in [1.165, 1.54) is 18.2 Å². The van der Waals surface area contributed by atoms with E-state index in [2.05, 4.69) is 15.0 Å². The third-order valence-electron chi connectivity index (χ3n) is 4.25. The first kappa shape index (κ1) is 22.2. The van der Waals surface area contributed by atoms with Gasteiger partial charge in [0, 0.05) is 11.2 Å². The second kappa shape index (κ2) is 10.0. The van der Waals surface area contributed by atoms with Crippen LogP contribution in [-0.2, 0) is 27.8 Å². The molecule has 0 fully saturated rings. The number of hydrogen-bond acceptors (Lipinski definition) is 4. The highest BCUT2D eigenvalue weighted by Crippen LogP contribution is 2.25. The Balaban J connectivity index is 1.83. The van der Waals surface area contributed by atoms with E-state index < -0.39 is 22.0 Å². The third kappa shape index (κ3) is 6.03. The number of carbonyl (C=O) groups is 1. The summed E-state index contributed by atoms with van der Waals surface area (Å²) >= 11 is 12.0. The second-order valence-electron chi connectivity index (χ2n) is 6.48. The summed E-state index contributed by atoms with van der Waals surface area (Å²) in [6.45, 7) is 0.171. The van der Waals surface area contributed by atoms with Gasteiger partial charge in [0.2, 0.25) is 15.9 Å². The zero-order valence-electron chi connectivity index (χ0n) is 15.8. The first-order valence-corrected chi connectivity index (χ1v) is 11.3. The van der Waals surface area contributed by atoms with Crippen LogP contribution in [0.5, 0.6) is 0 Å². The molecule has 0 bridgehead atoms. The molecule has 1 heterocycles. The van der Waals surface area contributed by atoms with Gasteiger partial charge in [-0.15, -0.1) is 0 Å². The SMILES string of the molecule is O=C(NCc1ccccn1)[C@H](Cc1ccccc1)NS(=O)(=O)c1cc(Cl)ccc1Cl. The van der Waals surface area contributed by atoms with Crippen LogP contribution in [0.25, 0.3) is 0 Å². The number of nitrogens with one attached hydrogen (secondary N) is 2. The fourth-order valence-corrected chi connectivity index (χ4v) is 4.73. The summed E-state index contributed by atoms with van der Waals surface area (Å²) in [6, 6.07) is 17.5. The summed E-state index contributed by atoms with van der Waals surface area (Å²) in [5, 5.41) is 2.97. The van der Waals surface area contributed by atoms with Crippen molar-refractivity contribution in [3.8, 4) is 0 Å². The standard InChI is InChI=1S/C21H19Cl2N3O3S/c22-16-9-10-18(23)20(13-16)30(28,29)26-19(12-15-6-2-1-3-7-15)21(27)25-14-17-8-4-5-11-24-17/h1-11,13,19,26H,12,14H2,(H,25,27)/t19-/m0/s1. The smallest absolute Gasteiger partial charge is 0.242 e. The predicted octanol–water partition coefficient (Wildman–Crippen LogP) is 3.59. The molecular formula is C21H19Cl2N3O3S. The molecule has 3 rings (SSSR count). The number of nitrogens with zero attached hydrogens (tertiary/aromatic N) is 1. The minimum atomic E-state index is -4.10. The van der Waals surface area contributed by atoms with E-state index in [1.54, 1.807) is 24.4 Å². The van der Waals surface area contributed by atoms with Crippen LogP contribution in [0.4, 0.5) is 0 Å². The maximum atomic E-state index is 12.9. The zero-order chi connectivity index (χ0) is 21.6. The van der Waals surface area contributed by atoms with Crippen LogP contribution in [0.15, 0.2) is 77.8 Å². The molecule has 0 aliphatic rings. The van der Waals surface area contributed by atoms with Gasteiger partial charge in [-0.1, -0.05) is 59.6 Å². The summed E-state index contributed by atoms with van der Waals surface area (Å²) in [4.78, 5) is 16.8. The Morgan fingerprint density at radius 1 is 1.00 bits per heavy atom. The Labute approximate surface area is 185 Å². The summed E-state index contributed by atoms with van der Waals surface area (Å²) in [5.41, 5.74) is 1.46. The molecular weight excluding hydrogens is 445 g/mol. The number of pyridine rings is 1. The Bertz CT molecular complexity index is 1110. The molecule has 1 atom stereocenters. The number of amides is 1. The van der Waals surface area contributed by atoms with Crippen molar-refractivity contribution in [1.82, 2.24) is 15.0 Å². The van der Waals surface area contributed by atoms with Crippen LogP contribution in [0.1, 0.15) is 11.3 Å². The number of halogens is 2. The van der Waals surface area contributed by atoms with E-state index in [0.29, 0.717) is 5.69 Å². The van der Waals surface area contributed by atoms with Gasteiger partial charge in [0.15, 0.2) is 0 Å². The molecule has 0 aliphatic heterocycles. The summed E-state index contributed by atoms with van der Waals surface area (Å²) in [7, 11) is -4.10. The van der Waals surface area contributed by atoms with Gasteiger partial charge >= 0.3 is 0 Å². The average Bonchev–Trinajstić information content (AvgIpc) is 2.74. The van der Waals surface area contributed by atoms with Gasteiger partial charge in [0.1, 0.15) is 10.9 Å². The Morgan fingerprint density at radius 3 is 2.43 bits per heavy atom. The first-order valence-electron chi connectivity index (χ1n) is 9.04. The highest BCUT2D eigenvalue weighted by Gasteiger charge is 2.27. The molecule has 2 N–H and O–H groups in total. The van der Waals surface area contributed by atoms with Gasteiger partial charge in [-0.3, -0.25) is 9.78 Å². The van der Waals surface area contributed by atoms with Crippen LogP contribution in [-0.4, -0.2) is 25.4 Å². The van der Waals surface area contributed by atoms with Crippen molar-refractivity contribution in [2.75, 3.05) is 0 Å². The molecule has 1 amide bonds. The van der Waals surface area contributed by atoms with Crippen LogP contribution in [0.2, 0.25) is 10.0 Å². The van der Waals surface area contributed by atoms with Gasteiger partial charge < -0.3 is 5.32 Å². The van der Waals surface area contributed by atoms with Crippen LogP contribution < -0.4 is 10.0 Å². The van der Waals surface area contributed by atoms with Gasteiger partial charge in [-0.2, -0.15) is 4.72 Å². The minimum absolute atomic E-state index is 0.0132. The lowest BCUT2D eigenvalue weighted by atomic mass is 10.1. The topological polar surface area (TPSA) is 88.2 Å². The number of rotatable bonds is 8. The van der Waals surface area contributed by atoms with Crippen LogP contribution >= 0.6 is 23.2 Å². The molecule has 0 aliphatic carbocycles. The molecule has 3 aromatic rings. The fraction of sp³-hybridized carbons (Fsp3) is 0.143. The highest BCUT2D eigenvalue weighted by atomic mass is 35.5. The quantitative estimate of drug-likeness (QED) is 0.534. The second-order valence-corrected chi connectivity index (χ2v) is 9.00. The molecule has 0 saturated carbocycles. The third-order valence-corrected chi connectivity index (χ3v) is 6.44. The molecule has 0 unspecified atom stereocenters. The Morgan fingerprint density at radius 2 is 1.73 bits per heavy atom. The number of sulfonamides is 1. The van der Waals surface area contributed by atoms with Crippen LogP contribution in [0, 0.1) is 0 Å². The number of carbonyl (C=O) groups excluding carboxylic acids is 1. The van der Waals surface area contributed by atoms with Gasteiger partial charge in [0.25, 0.3) is 0 Å². The van der Waals surface area contributed by atoms with Crippen molar-refractivity contribution in [1.29, 1.82) is 0 Å². The monoisotopic (exact) mass is 463 g/mol. The summed E-state index contributed by atoms with van der Waals surface area (Å²) < 4.78 is 28.3.